The molecule has 1 aliphatic carbocycles. The number of carbonyl (C=O) groups is 1. The summed E-state index contributed by atoms with van der Waals surface area (Å²) in [5, 5.41) is 11.9. The van der Waals surface area contributed by atoms with Crippen LogP contribution in [-0.4, -0.2) is 35.5 Å². The third-order valence-corrected chi connectivity index (χ3v) is 7.45. The van der Waals surface area contributed by atoms with Gasteiger partial charge in [-0.05, 0) is 56.9 Å². The van der Waals surface area contributed by atoms with Crippen molar-refractivity contribution in [2.24, 2.45) is 5.92 Å². The first kappa shape index (κ1) is 26.4. The van der Waals surface area contributed by atoms with Crippen LogP contribution in [0.5, 0.6) is 0 Å². The lowest BCUT2D eigenvalue weighted by molar-refractivity contribution is -0.142. The number of nitrogens with one attached hydrogen (secondary N) is 2. The molecule has 8 nitrogen and oxygen atoms in total. The van der Waals surface area contributed by atoms with Gasteiger partial charge in [0.05, 0.1) is 17.2 Å². The lowest BCUT2D eigenvalue weighted by atomic mass is 9.86. The van der Waals surface area contributed by atoms with Gasteiger partial charge in [0, 0.05) is 11.6 Å². The van der Waals surface area contributed by atoms with Crippen LogP contribution in [0.4, 0.5) is 24.8 Å². The second-order valence-corrected chi connectivity index (χ2v) is 10.6. The molecule has 1 aromatic carbocycles. The van der Waals surface area contributed by atoms with E-state index in [4.69, 9.17) is 5.11 Å². The molecular weight excluding hydrogens is 509 g/mol. The Balaban J connectivity index is 1.55. The number of alkyl halides is 3. The second kappa shape index (κ2) is 10.4. The van der Waals surface area contributed by atoms with Gasteiger partial charge in [-0.15, -0.1) is 0 Å². The number of carboxylic acid groups (broad SMARTS) is 1. The van der Waals surface area contributed by atoms with Gasteiger partial charge in [0.1, 0.15) is 11.6 Å². The molecule has 196 valence electrons. The lowest BCUT2D eigenvalue weighted by Gasteiger charge is -2.27. The van der Waals surface area contributed by atoms with E-state index in [0.717, 1.165) is 17.7 Å². The normalized spacial score (nSPS) is 18.3. The number of pyridine rings is 2. The van der Waals surface area contributed by atoms with E-state index in [1.807, 2.05) is 0 Å². The number of sulfonamides is 1. The number of aromatic nitrogens is 2. The Kier molecular flexibility index (Phi) is 7.39. The molecule has 2 aromatic heterocycles. The predicted molar refractivity (Wildman–Crippen MR) is 131 cm³/mol. The van der Waals surface area contributed by atoms with Gasteiger partial charge in [-0.3, -0.25) is 9.52 Å². The molecule has 1 saturated carbocycles. The van der Waals surface area contributed by atoms with Crippen molar-refractivity contribution in [1.82, 2.24) is 9.97 Å². The van der Waals surface area contributed by atoms with E-state index in [9.17, 15) is 26.4 Å². The highest BCUT2D eigenvalue weighted by Gasteiger charge is 2.35. The number of anilines is 2. The standard InChI is InChI=1S/C25H25F3N4O4S/c1-15-5-7-16(8-6-15)23-19(25(26,27)28)13-14-21(31-23)32-37(35,36)22-4-2-3-20(30-22)29-18-11-9-17(10-12-18)24(33)34/h2-8,13-14,17-18H,9-12H2,1H3,(H,29,30)(H,31,32)(H,33,34). The Hall–Kier alpha value is -3.67. The minimum atomic E-state index is -4.68. The molecule has 0 atom stereocenters. The summed E-state index contributed by atoms with van der Waals surface area (Å²) in [5.74, 6) is -1.20. The summed E-state index contributed by atoms with van der Waals surface area (Å²) in [5.41, 5.74) is -0.334. The van der Waals surface area contributed by atoms with E-state index >= 15 is 0 Å². The number of aryl methyl sites for hydroxylation is 1. The van der Waals surface area contributed by atoms with Gasteiger partial charge < -0.3 is 10.4 Å². The first-order valence-electron chi connectivity index (χ1n) is 11.6. The molecule has 0 radical (unpaired) electrons. The van der Waals surface area contributed by atoms with Crippen molar-refractivity contribution in [3.63, 3.8) is 0 Å². The fraction of sp³-hybridized carbons (Fsp3) is 0.320. The van der Waals surface area contributed by atoms with Gasteiger partial charge in [0.2, 0.25) is 0 Å². The van der Waals surface area contributed by atoms with E-state index in [-0.39, 0.29) is 28.4 Å². The van der Waals surface area contributed by atoms with Crippen LogP contribution >= 0.6 is 0 Å². The van der Waals surface area contributed by atoms with Crippen molar-refractivity contribution in [1.29, 1.82) is 0 Å². The van der Waals surface area contributed by atoms with E-state index in [0.29, 0.717) is 31.5 Å². The summed E-state index contributed by atoms with van der Waals surface area (Å²) in [6.45, 7) is 1.80. The Morgan fingerprint density at radius 2 is 1.62 bits per heavy atom. The molecule has 0 unspecified atom stereocenters. The van der Waals surface area contributed by atoms with E-state index < -0.39 is 33.4 Å². The summed E-state index contributed by atoms with van der Waals surface area (Å²) in [7, 11) is -4.27. The molecule has 3 aromatic rings. The average molecular weight is 535 g/mol. The van der Waals surface area contributed by atoms with Crippen LogP contribution in [0.15, 0.2) is 59.6 Å². The number of aliphatic carboxylic acids is 1. The SMILES string of the molecule is Cc1ccc(-c2nc(NS(=O)(=O)c3cccc(NC4CCC(C(=O)O)CC4)n3)ccc2C(F)(F)F)cc1. The molecule has 0 bridgehead atoms. The van der Waals surface area contributed by atoms with E-state index in [1.165, 1.54) is 24.3 Å². The Labute approximate surface area is 212 Å². The van der Waals surface area contributed by atoms with Crippen molar-refractivity contribution in [2.45, 2.75) is 49.9 Å². The number of carboxylic acids is 1. The number of hydrogen-bond acceptors (Lipinski definition) is 6. The largest absolute Gasteiger partial charge is 0.481 e. The molecule has 4 rings (SSSR count). The molecule has 0 spiro atoms. The summed E-state index contributed by atoms with van der Waals surface area (Å²) >= 11 is 0. The predicted octanol–water partition coefficient (Wildman–Crippen LogP) is 5.33. The summed E-state index contributed by atoms with van der Waals surface area (Å²) in [4.78, 5) is 19.3. The number of rotatable bonds is 7. The minimum absolute atomic E-state index is 0.0531. The van der Waals surface area contributed by atoms with Gasteiger partial charge in [0.25, 0.3) is 10.0 Å². The molecule has 3 N–H and O–H groups in total. The minimum Gasteiger partial charge on any atom is -0.481 e. The fourth-order valence-electron chi connectivity index (χ4n) is 4.20. The molecule has 0 saturated heterocycles. The smallest absolute Gasteiger partial charge is 0.418 e. The van der Waals surface area contributed by atoms with Gasteiger partial charge in [-0.1, -0.05) is 35.9 Å². The summed E-state index contributed by atoms with van der Waals surface area (Å²) in [6.07, 6.45) is -2.46. The average Bonchev–Trinajstić information content (AvgIpc) is 2.84. The van der Waals surface area contributed by atoms with Crippen molar-refractivity contribution in [2.75, 3.05) is 10.0 Å². The van der Waals surface area contributed by atoms with E-state index in [2.05, 4.69) is 20.0 Å². The monoisotopic (exact) mass is 534 g/mol. The topological polar surface area (TPSA) is 121 Å². The highest BCUT2D eigenvalue weighted by atomic mass is 32.2. The third-order valence-electron chi connectivity index (χ3n) is 6.19. The molecule has 1 aliphatic rings. The van der Waals surface area contributed by atoms with Crippen LogP contribution in [0.1, 0.15) is 36.8 Å². The number of benzene rings is 1. The van der Waals surface area contributed by atoms with Gasteiger partial charge in [-0.2, -0.15) is 21.6 Å². The number of halogens is 3. The Morgan fingerprint density at radius 1 is 0.946 bits per heavy atom. The quantitative estimate of drug-likeness (QED) is 0.375. The van der Waals surface area contributed by atoms with E-state index in [1.54, 1.807) is 25.1 Å². The highest BCUT2D eigenvalue weighted by Crippen LogP contribution is 2.37. The lowest BCUT2D eigenvalue weighted by Crippen LogP contribution is -2.29. The first-order chi connectivity index (χ1) is 17.4. The molecule has 0 amide bonds. The van der Waals surface area contributed by atoms with Crippen molar-refractivity contribution >= 4 is 27.6 Å². The van der Waals surface area contributed by atoms with Crippen LogP contribution in [0.2, 0.25) is 0 Å². The molecule has 0 aliphatic heterocycles. The fourth-order valence-corrected chi connectivity index (χ4v) is 5.17. The molecule has 12 heteroatoms. The summed E-state index contributed by atoms with van der Waals surface area (Å²) in [6, 6.07) is 12.3. The van der Waals surface area contributed by atoms with Crippen LogP contribution in [0.3, 0.4) is 0 Å². The maximum absolute atomic E-state index is 13.6. The second-order valence-electron chi connectivity index (χ2n) is 8.95. The van der Waals surface area contributed by atoms with Crippen LogP contribution < -0.4 is 10.0 Å². The van der Waals surface area contributed by atoms with Crippen LogP contribution in [0, 0.1) is 12.8 Å². The molecular formula is C25H25F3N4O4S. The molecule has 1 fully saturated rings. The number of hydrogen-bond donors (Lipinski definition) is 3. The van der Waals surface area contributed by atoms with Crippen LogP contribution in [-0.2, 0) is 21.0 Å². The third kappa shape index (κ3) is 6.37. The first-order valence-corrected chi connectivity index (χ1v) is 13.1. The zero-order valence-corrected chi connectivity index (χ0v) is 20.6. The van der Waals surface area contributed by atoms with Crippen molar-refractivity contribution in [3.05, 3.63) is 65.7 Å². The molecule has 37 heavy (non-hydrogen) atoms. The maximum Gasteiger partial charge on any atom is 0.418 e. The zero-order valence-electron chi connectivity index (χ0n) is 19.8. The highest BCUT2D eigenvalue weighted by molar-refractivity contribution is 7.92. The van der Waals surface area contributed by atoms with Gasteiger partial charge in [0.15, 0.2) is 5.03 Å². The Morgan fingerprint density at radius 3 is 2.24 bits per heavy atom. The Bertz CT molecular complexity index is 1390. The van der Waals surface area contributed by atoms with Crippen molar-refractivity contribution in [3.8, 4) is 11.3 Å². The summed E-state index contributed by atoms with van der Waals surface area (Å²) < 4.78 is 69.1. The van der Waals surface area contributed by atoms with Gasteiger partial charge in [-0.25, -0.2) is 9.97 Å². The zero-order chi connectivity index (χ0) is 26.8. The number of nitrogens with zero attached hydrogens (tertiary/aromatic N) is 2. The van der Waals surface area contributed by atoms with Gasteiger partial charge >= 0.3 is 12.1 Å². The van der Waals surface area contributed by atoms with Crippen LogP contribution in [0.25, 0.3) is 11.3 Å². The molecule has 2 heterocycles. The maximum atomic E-state index is 13.6. The van der Waals surface area contributed by atoms with Crippen molar-refractivity contribution < 1.29 is 31.5 Å².